The van der Waals surface area contributed by atoms with Gasteiger partial charge in [-0.05, 0) is 0 Å². The number of halogens is 4. The molecule has 0 aromatic rings. The number of nitrogens with one attached hydrogen (secondary N) is 1. The van der Waals surface area contributed by atoms with Crippen LogP contribution >= 0.6 is 15.9 Å². The predicted octanol–water partition coefficient (Wildman–Crippen LogP) is -1.24. The standard InChI is InChI=1S/C10H13BrF3NO7/c1-3(17)21-6-7(11)22-4(2-16)5(18)9(6,20)15-8(19)10(12,13)14/h4-7,16,18,20H,2H2,1H3,(H,15,19)/t4-,5-,6-,7+,9+/m1/s1. The van der Waals surface area contributed by atoms with Gasteiger partial charge >= 0.3 is 18.1 Å². The molecule has 1 rings (SSSR count). The Kier molecular flexibility index (Phi) is 5.78. The zero-order valence-corrected chi connectivity index (χ0v) is 12.6. The van der Waals surface area contributed by atoms with Crippen LogP contribution in [0.25, 0.3) is 0 Å². The van der Waals surface area contributed by atoms with Crippen molar-refractivity contribution in [1.82, 2.24) is 5.32 Å². The number of rotatable bonds is 3. The van der Waals surface area contributed by atoms with Crippen LogP contribution in [-0.2, 0) is 19.1 Å². The molecule has 0 aromatic heterocycles. The van der Waals surface area contributed by atoms with E-state index in [0.29, 0.717) is 0 Å². The lowest BCUT2D eigenvalue weighted by Gasteiger charge is -2.47. The van der Waals surface area contributed by atoms with Crippen molar-refractivity contribution < 1.29 is 47.6 Å². The first-order valence-corrected chi connectivity index (χ1v) is 6.72. The normalized spacial score (nSPS) is 35.8. The molecule has 1 aliphatic rings. The summed E-state index contributed by atoms with van der Waals surface area (Å²) in [5, 5.41) is 28.9. The predicted molar refractivity (Wildman–Crippen MR) is 65.4 cm³/mol. The third-order valence-electron chi connectivity index (χ3n) is 2.82. The maximum atomic E-state index is 12.4. The van der Waals surface area contributed by atoms with Crippen molar-refractivity contribution in [3.8, 4) is 0 Å². The first-order valence-electron chi connectivity index (χ1n) is 5.80. The number of aliphatic hydroxyl groups is 3. The van der Waals surface area contributed by atoms with E-state index >= 15 is 0 Å². The fourth-order valence-corrected chi connectivity index (χ4v) is 2.62. The average Bonchev–Trinajstić information content (AvgIpc) is 2.38. The first-order chi connectivity index (χ1) is 9.93. The van der Waals surface area contributed by atoms with Gasteiger partial charge in [-0.1, -0.05) is 15.9 Å². The van der Waals surface area contributed by atoms with Crippen LogP contribution in [0.5, 0.6) is 0 Å². The topological polar surface area (TPSA) is 125 Å². The van der Waals surface area contributed by atoms with Gasteiger partial charge in [-0.15, -0.1) is 0 Å². The molecule has 0 spiro atoms. The van der Waals surface area contributed by atoms with Crippen molar-refractivity contribution in [2.45, 2.75) is 42.2 Å². The van der Waals surface area contributed by atoms with Crippen LogP contribution in [0.15, 0.2) is 0 Å². The second-order valence-electron chi connectivity index (χ2n) is 4.46. The molecule has 0 saturated carbocycles. The zero-order chi connectivity index (χ0) is 17.3. The van der Waals surface area contributed by atoms with E-state index in [0.717, 1.165) is 6.92 Å². The molecular weight excluding hydrogens is 383 g/mol. The van der Waals surface area contributed by atoms with E-state index in [-0.39, 0.29) is 0 Å². The Morgan fingerprint density at radius 1 is 1.45 bits per heavy atom. The quantitative estimate of drug-likeness (QED) is 0.267. The summed E-state index contributed by atoms with van der Waals surface area (Å²) in [6, 6.07) is 0. The van der Waals surface area contributed by atoms with Gasteiger partial charge in [0.25, 0.3) is 0 Å². The van der Waals surface area contributed by atoms with Gasteiger partial charge in [0.2, 0.25) is 5.72 Å². The van der Waals surface area contributed by atoms with Crippen LogP contribution in [0.4, 0.5) is 13.2 Å². The Bertz CT molecular complexity index is 449. The number of hydrogen-bond acceptors (Lipinski definition) is 7. The van der Waals surface area contributed by atoms with Crippen LogP contribution in [0.3, 0.4) is 0 Å². The fraction of sp³-hybridized carbons (Fsp3) is 0.800. The summed E-state index contributed by atoms with van der Waals surface area (Å²) >= 11 is 2.79. The van der Waals surface area contributed by atoms with E-state index in [1.54, 1.807) is 0 Å². The number of carbonyl (C=O) groups excluding carboxylic acids is 2. The minimum atomic E-state index is -5.36. The largest absolute Gasteiger partial charge is 0.471 e. The molecule has 1 fully saturated rings. The van der Waals surface area contributed by atoms with E-state index in [9.17, 15) is 33.0 Å². The molecule has 0 bridgehead atoms. The lowest BCUT2D eigenvalue weighted by atomic mass is 9.92. The molecule has 1 amide bonds. The second kappa shape index (κ2) is 6.66. The van der Waals surface area contributed by atoms with Gasteiger partial charge in [0, 0.05) is 6.92 Å². The minimum absolute atomic E-state index is 0.875. The number of ether oxygens (including phenoxy) is 2. The molecule has 128 valence electrons. The van der Waals surface area contributed by atoms with Crippen LogP contribution in [-0.4, -0.2) is 69.0 Å². The monoisotopic (exact) mass is 395 g/mol. The second-order valence-corrected chi connectivity index (χ2v) is 5.36. The average molecular weight is 396 g/mol. The van der Waals surface area contributed by atoms with Crippen molar-refractivity contribution >= 4 is 27.8 Å². The Balaban J connectivity index is 3.17. The van der Waals surface area contributed by atoms with Gasteiger partial charge in [0.15, 0.2) is 11.1 Å². The summed E-state index contributed by atoms with van der Waals surface area (Å²) in [4.78, 5) is 22.1. The lowest BCUT2D eigenvalue weighted by Crippen LogP contribution is -2.74. The minimum Gasteiger partial charge on any atom is -0.454 e. The fourth-order valence-electron chi connectivity index (χ4n) is 1.83. The number of esters is 1. The maximum Gasteiger partial charge on any atom is 0.471 e. The zero-order valence-electron chi connectivity index (χ0n) is 11.0. The first kappa shape index (κ1) is 19.1. The number of alkyl halides is 4. The van der Waals surface area contributed by atoms with E-state index in [4.69, 9.17) is 9.84 Å². The van der Waals surface area contributed by atoms with Gasteiger partial charge in [-0.25, -0.2) is 0 Å². The third kappa shape index (κ3) is 3.87. The Morgan fingerprint density at radius 3 is 2.41 bits per heavy atom. The summed E-state index contributed by atoms with van der Waals surface area (Å²) in [6.07, 6.45) is -11.0. The SMILES string of the molecule is CC(=O)O[C@@H]1[C@@H](Br)O[C@H](CO)[C@@H](O)[C@@]1(O)NC(=O)C(F)(F)F. The van der Waals surface area contributed by atoms with Crippen LogP contribution in [0.1, 0.15) is 6.92 Å². The summed E-state index contributed by atoms with van der Waals surface area (Å²) in [7, 11) is 0. The molecule has 4 N–H and O–H groups in total. The molecule has 1 heterocycles. The molecule has 1 aliphatic heterocycles. The summed E-state index contributed by atoms with van der Waals surface area (Å²) < 4.78 is 46.7. The molecule has 0 aliphatic carbocycles. The number of amides is 1. The Hall–Kier alpha value is -0.950. The molecule has 8 nitrogen and oxygen atoms in total. The van der Waals surface area contributed by atoms with Crippen LogP contribution < -0.4 is 5.32 Å². The molecule has 0 aromatic carbocycles. The van der Waals surface area contributed by atoms with E-state index in [2.05, 4.69) is 20.7 Å². The molecule has 12 heteroatoms. The van der Waals surface area contributed by atoms with Crippen LogP contribution in [0, 0.1) is 0 Å². The van der Waals surface area contributed by atoms with Crippen molar-refractivity contribution in [1.29, 1.82) is 0 Å². The highest BCUT2D eigenvalue weighted by Crippen LogP contribution is 2.34. The summed E-state index contributed by atoms with van der Waals surface area (Å²) in [6.45, 7) is 0.0243. The highest BCUT2D eigenvalue weighted by molar-refractivity contribution is 9.09. The van der Waals surface area contributed by atoms with Gasteiger partial charge in [-0.2, -0.15) is 13.2 Å². The summed E-state index contributed by atoms with van der Waals surface area (Å²) in [5.74, 6) is -3.57. The van der Waals surface area contributed by atoms with E-state index in [1.165, 1.54) is 5.32 Å². The molecule has 5 atom stereocenters. The third-order valence-corrected chi connectivity index (χ3v) is 3.52. The number of aliphatic hydroxyl groups excluding tert-OH is 2. The number of hydrogen-bond donors (Lipinski definition) is 4. The highest BCUT2D eigenvalue weighted by Gasteiger charge is 2.59. The number of carbonyl (C=O) groups is 2. The maximum absolute atomic E-state index is 12.4. The molecular formula is C10H13BrF3NO7. The Morgan fingerprint density at radius 2 is 2.00 bits per heavy atom. The van der Waals surface area contributed by atoms with Gasteiger partial charge in [0.05, 0.1) is 6.61 Å². The van der Waals surface area contributed by atoms with Gasteiger partial charge in [-0.3, -0.25) is 9.59 Å². The van der Waals surface area contributed by atoms with E-state index in [1.807, 2.05) is 0 Å². The van der Waals surface area contributed by atoms with Gasteiger partial charge < -0.3 is 30.1 Å². The lowest BCUT2D eigenvalue weighted by molar-refractivity contribution is -0.273. The van der Waals surface area contributed by atoms with Crippen molar-refractivity contribution in [2.24, 2.45) is 0 Å². The van der Waals surface area contributed by atoms with Crippen molar-refractivity contribution in [3.05, 3.63) is 0 Å². The van der Waals surface area contributed by atoms with Gasteiger partial charge in [0.1, 0.15) is 12.2 Å². The highest BCUT2D eigenvalue weighted by atomic mass is 79.9. The molecule has 22 heavy (non-hydrogen) atoms. The molecule has 0 radical (unpaired) electrons. The van der Waals surface area contributed by atoms with Crippen molar-refractivity contribution in [3.63, 3.8) is 0 Å². The molecule has 1 saturated heterocycles. The Labute approximate surface area is 130 Å². The summed E-state index contributed by atoms with van der Waals surface area (Å²) in [5.41, 5.74) is -3.03. The van der Waals surface area contributed by atoms with E-state index < -0.39 is 53.7 Å². The van der Waals surface area contributed by atoms with Crippen molar-refractivity contribution in [2.75, 3.05) is 6.61 Å². The smallest absolute Gasteiger partial charge is 0.454 e. The van der Waals surface area contributed by atoms with Crippen LogP contribution in [0.2, 0.25) is 0 Å². The molecule has 0 unspecified atom stereocenters.